The lowest BCUT2D eigenvalue weighted by Gasteiger charge is -2.26. The number of alkyl halides is 3. The fraction of sp³-hybridized carbons (Fsp3) is 0.500. The van der Waals surface area contributed by atoms with Crippen molar-refractivity contribution in [2.75, 3.05) is 18.6 Å². The highest BCUT2D eigenvalue weighted by Gasteiger charge is 2.50. The van der Waals surface area contributed by atoms with Gasteiger partial charge in [0.25, 0.3) is 0 Å². The summed E-state index contributed by atoms with van der Waals surface area (Å²) < 4.78 is 44.8. The molecule has 0 radical (unpaired) electrons. The number of nitrogens with zero attached hydrogens (tertiary/aromatic N) is 1. The molecule has 2 atom stereocenters. The number of carbonyl (C=O) groups is 4. The maximum absolute atomic E-state index is 13.2. The van der Waals surface area contributed by atoms with Crippen LogP contribution in [0.1, 0.15) is 44.2 Å². The molecule has 0 bridgehead atoms. The molecule has 0 aromatic heterocycles. The van der Waals surface area contributed by atoms with Gasteiger partial charge in [0, 0.05) is 12.7 Å². The Morgan fingerprint density at radius 3 is 2.24 bits per heavy atom. The van der Waals surface area contributed by atoms with Crippen LogP contribution in [-0.2, 0) is 30.1 Å². The number of hydrogen-bond donors (Lipinski definition) is 0. The molecule has 1 aromatic carbocycles. The number of hydrogen-bond acceptors (Lipinski definition) is 5. The second-order valence-corrected chi connectivity index (χ2v) is 7.04. The van der Waals surface area contributed by atoms with Gasteiger partial charge >= 0.3 is 12.1 Å². The number of rotatable bonds is 7. The van der Waals surface area contributed by atoms with Crippen LogP contribution in [0.25, 0.3) is 0 Å². The van der Waals surface area contributed by atoms with Crippen LogP contribution in [0.15, 0.2) is 18.2 Å². The second kappa shape index (κ2) is 8.34. The minimum Gasteiger partial charge on any atom is -0.465 e. The predicted molar refractivity (Wildman–Crippen MR) is 97.2 cm³/mol. The first-order chi connectivity index (χ1) is 13.4. The van der Waals surface area contributed by atoms with E-state index in [9.17, 15) is 32.3 Å². The van der Waals surface area contributed by atoms with Gasteiger partial charge in [0.05, 0.1) is 29.9 Å². The van der Waals surface area contributed by atoms with Crippen molar-refractivity contribution in [3.05, 3.63) is 29.3 Å². The summed E-state index contributed by atoms with van der Waals surface area (Å²) in [6, 6.07) is 2.77. The van der Waals surface area contributed by atoms with Gasteiger partial charge in [0.1, 0.15) is 11.6 Å². The summed E-state index contributed by atoms with van der Waals surface area (Å²) in [7, 11) is 1.36. The zero-order chi connectivity index (χ0) is 22.1. The van der Waals surface area contributed by atoms with E-state index in [0.29, 0.717) is 6.42 Å². The molecule has 6 nitrogen and oxygen atoms in total. The van der Waals surface area contributed by atoms with Crippen molar-refractivity contribution in [1.82, 2.24) is 0 Å². The highest BCUT2D eigenvalue weighted by Crippen LogP contribution is 2.46. The molecule has 1 aliphatic rings. The smallest absolute Gasteiger partial charge is 0.416 e. The van der Waals surface area contributed by atoms with Crippen molar-refractivity contribution in [3.8, 4) is 0 Å². The zero-order valence-electron chi connectivity index (χ0n) is 16.5. The van der Waals surface area contributed by atoms with E-state index in [-0.39, 0.29) is 17.9 Å². The normalized spacial score (nSPS) is 17.3. The Kier molecular flexibility index (Phi) is 6.50. The molecule has 158 valence electrons. The Bertz CT molecular complexity index is 835. The average Bonchev–Trinajstić information content (AvgIpc) is 2.86. The van der Waals surface area contributed by atoms with Gasteiger partial charge in [0.2, 0.25) is 5.91 Å². The fourth-order valence-electron chi connectivity index (χ4n) is 3.65. The third kappa shape index (κ3) is 4.33. The number of esters is 1. The summed E-state index contributed by atoms with van der Waals surface area (Å²) in [6.07, 6.45) is -4.21. The Morgan fingerprint density at radius 1 is 1.17 bits per heavy atom. The number of anilines is 1. The molecule has 0 saturated heterocycles. The maximum Gasteiger partial charge on any atom is 0.416 e. The van der Waals surface area contributed by atoms with Gasteiger partial charge in [0.15, 0.2) is 0 Å². The minimum absolute atomic E-state index is 0.00986. The topological polar surface area (TPSA) is 80.8 Å². The van der Waals surface area contributed by atoms with Crippen LogP contribution in [0.3, 0.4) is 0 Å². The highest BCUT2D eigenvalue weighted by atomic mass is 19.4. The number of carbonyl (C=O) groups excluding carboxylic acids is 4. The predicted octanol–water partition coefficient (Wildman–Crippen LogP) is 3.13. The summed E-state index contributed by atoms with van der Waals surface area (Å²) in [5.41, 5.74) is -0.863. The molecule has 2 rings (SSSR count). The van der Waals surface area contributed by atoms with Crippen LogP contribution in [-0.4, -0.2) is 37.1 Å². The van der Waals surface area contributed by atoms with E-state index in [4.69, 9.17) is 4.74 Å². The third-order valence-corrected chi connectivity index (χ3v) is 4.96. The molecule has 1 aliphatic heterocycles. The van der Waals surface area contributed by atoms with Crippen LogP contribution >= 0.6 is 0 Å². The number of amides is 1. The fourth-order valence-corrected chi connectivity index (χ4v) is 3.65. The van der Waals surface area contributed by atoms with E-state index in [1.807, 2.05) is 0 Å². The second-order valence-electron chi connectivity index (χ2n) is 7.04. The van der Waals surface area contributed by atoms with E-state index in [1.165, 1.54) is 7.05 Å². The largest absolute Gasteiger partial charge is 0.465 e. The van der Waals surface area contributed by atoms with Crippen molar-refractivity contribution >= 4 is 29.1 Å². The number of Topliss-reactive ketones (excluding diaryl/α,β-unsaturated/α-hetero) is 2. The Hall–Kier alpha value is -2.71. The van der Waals surface area contributed by atoms with Gasteiger partial charge in [-0.2, -0.15) is 13.2 Å². The number of benzene rings is 1. The summed E-state index contributed by atoms with van der Waals surface area (Å²) in [5.74, 6) is -7.43. The number of halogens is 3. The number of fused-ring (bicyclic) bond motifs is 1. The van der Waals surface area contributed by atoms with Crippen molar-refractivity contribution in [1.29, 1.82) is 0 Å². The molecule has 0 saturated carbocycles. The van der Waals surface area contributed by atoms with Crippen molar-refractivity contribution < 1.29 is 37.1 Å². The molecule has 0 N–H and O–H groups in total. The molecule has 9 heteroatoms. The number of likely N-dealkylation sites (N-methyl/N-ethyl adjacent to an activating group) is 1. The molecule has 1 aromatic rings. The maximum atomic E-state index is 13.2. The lowest BCUT2D eigenvalue weighted by Crippen LogP contribution is -2.42. The average molecular weight is 413 g/mol. The Balaban J connectivity index is 2.67. The molecule has 0 fully saturated rings. The first-order valence-electron chi connectivity index (χ1n) is 9.08. The molecule has 1 amide bonds. The summed E-state index contributed by atoms with van der Waals surface area (Å²) in [6.45, 7) is 3.92. The van der Waals surface area contributed by atoms with E-state index in [0.717, 1.165) is 36.9 Å². The van der Waals surface area contributed by atoms with Crippen molar-refractivity contribution in [2.24, 2.45) is 11.8 Å². The molecule has 0 spiro atoms. The lowest BCUT2D eigenvalue weighted by molar-refractivity contribution is -0.157. The van der Waals surface area contributed by atoms with Crippen LogP contribution < -0.4 is 4.90 Å². The van der Waals surface area contributed by atoms with E-state index >= 15 is 0 Å². The van der Waals surface area contributed by atoms with Gasteiger partial charge in [-0.25, -0.2) is 0 Å². The molecule has 29 heavy (non-hydrogen) atoms. The zero-order valence-corrected chi connectivity index (χ0v) is 16.5. The third-order valence-electron chi connectivity index (χ3n) is 4.96. The number of ether oxygens (including phenoxy) is 1. The monoisotopic (exact) mass is 413 g/mol. The van der Waals surface area contributed by atoms with Gasteiger partial charge in [-0.15, -0.1) is 0 Å². The van der Waals surface area contributed by atoms with Gasteiger partial charge < -0.3 is 9.64 Å². The van der Waals surface area contributed by atoms with Crippen LogP contribution in [0, 0.1) is 11.8 Å². The van der Waals surface area contributed by atoms with Gasteiger partial charge in [-0.3, -0.25) is 19.2 Å². The molecular weight excluding hydrogens is 391 g/mol. The van der Waals surface area contributed by atoms with Crippen molar-refractivity contribution in [3.63, 3.8) is 0 Å². The first kappa shape index (κ1) is 22.6. The first-order valence-corrected chi connectivity index (χ1v) is 9.08. The quantitative estimate of drug-likeness (QED) is 0.507. The van der Waals surface area contributed by atoms with Crippen LogP contribution in [0.5, 0.6) is 0 Å². The van der Waals surface area contributed by atoms with E-state index < -0.39 is 52.9 Å². The Labute approximate surface area is 166 Å². The minimum atomic E-state index is -4.66. The molecule has 0 aliphatic carbocycles. The van der Waals surface area contributed by atoms with Gasteiger partial charge in [-0.05, 0) is 44.0 Å². The summed E-state index contributed by atoms with van der Waals surface area (Å²) in [4.78, 5) is 51.1. The summed E-state index contributed by atoms with van der Waals surface area (Å²) >= 11 is 0. The van der Waals surface area contributed by atoms with Crippen LogP contribution in [0.4, 0.5) is 18.9 Å². The molecule has 1 heterocycles. The standard InChI is InChI=1S/C20H22F3NO5/c1-5-8-29-19(28)17(15(10(2)25)11(3)26)16-13-9-12(20(21,22)23)6-7-14(13)24(4)18(16)27/h6-7,9,15-17H,5,8H2,1-4H3. The molecular formula is C20H22F3NO5. The highest BCUT2D eigenvalue weighted by molar-refractivity contribution is 6.10. The summed E-state index contributed by atoms with van der Waals surface area (Å²) in [5, 5.41) is 0. The SMILES string of the molecule is CCCOC(=O)C(C(C(C)=O)C(C)=O)C1C(=O)N(C)c2ccc(C(F)(F)F)cc21. The molecule has 2 unspecified atom stereocenters. The van der Waals surface area contributed by atoms with E-state index in [2.05, 4.69) is 0 Å². The van der Waals surface area contributed by atoms with Crippen molar-refractivity contribution in [2.45, 2.75) is 39.3 Å². The Morgan fingerprint density at radius 2 is 1.76 bits per heavy atom. The van der Waals surface area contributed by atoms with Gasteiger partial charge in [-0.1, -0.05) is 6.92 Å². The lowest BCUT2D eigenvalue weighted by atomic mass is 9.75. The number of ketones is 2. The van der Waals surface area contributed by atoms with E-state index in [1.54, 1.807) is 6.92 Å². The van der Waals surface area contributed by atoms with Crippen LogP contribution in [0.2, 0.25) is 0 Å².